The summed E-state index contributed by atoms with van der Waals surface area (Å²) in [7, 11) is 2.43. The summed E-state index contributed by atoms with van der Waals surface area (Å²) in [4.78, 5) is 36.2. The molecule has 0 aliphatic heterocycles. The molecule has 0 heterocycles. The van der Waals surface area contributed by atoms with Crippen molar-refractivity contribution in [2.75, 3.05) is 27.3 Å². The molecule has 1 aromatic carbocycles. The Hall–Kier alpha value is -1.89. The number of carbonyl (C=O) groups is 3. The molecule has 0 aliphatic rings. The number of carbonyl (C=O) groups excluding carboxylic acids is 3. The van der Waals surface area contributed by atoms with Crippen molar-refractivity contribution in [2.45, 2.75) is 6.92 Å². The number of esters is 2. The maximum atomic E-state index is 12.4. The van der Waals surface area contributed by atoms with E-state index >= 15 is 0 Å². The molecule has 1 rings (SSSR count). The first-order valence-corrected chi connectivity index (χ1v) is 6.87. The topological polar surface area (TPSA) is 72.9 Å². The van der Waals surface area contributed by atoms with Gasteiger partial charge in [-0.1, -0.05) is 15.9 Å². The van der Waals surface area contributed by atoms with Gasteiger partial charge in [0.1, 0.15) is 13.1 Å². The Bertz CT molecular complexity index is 540. The lowest BCUT2D eigenvalue weighted by molar-refractivity contribution is -0.144. The highest BCUT2D eigenvalue weighted by Crippen LogP contribution is 2.18. The third-order valence-electron chi connectivity index (χ3n) is 2.79. The van der Waals surface area contributed by atoms with Crippen molar-refractivity contribution in [1.29, 1.82) is 0 Å². The summed E-state index contributed by atoms with van der Waals surface area (Å²) in [5.41, 5.74) is 1.25. The average Bonchev–Trinajstić information content (AvgIpc) is 2.48. The zero-order valence-corrected chi connectivity index (χ0v) is 13.6. The van der Waals surface area contributed by atoms with Gasteiger partial charge < -0.3 is 14.4 Å². The van der Waals surface area contributed by atoms with E-state index in [4.69, 9.17) is 0 Å². The number of methoxy groups -OCH3 is 2. The van der Waals surface area contributed by atoms with Crippen LogP contribution in [0.15, 0.2) is 22.7 Å². The number of hydrogen-bond acceptors (Lipinski definition) is 5. The van der Waals surface area contributed by atoms with Crippen molar-refractivity contribution in [3.63, 3.8) is 0 Å². The van der Waals surface area contributed by atoms with Crippen LogP contribution < -0.4 is 0 Å². The smallest absolute Gasteiger partial charge is 0.325 e. The van der Waals surface area contributed by atoms with Crippen LogP contribution in [-0.4, -0.2) is 50.1 Å². The molecule has 1 amide bonds. The Morgan fingerprint density at radius 2 is 1.62 bits per heavy atom. The molecular weight excluding hydrogens is 342 g/mol. The van der Waals surface area contributed by atoms with E-state index in [1.54, 1.807) is 18.2 Å². The number of rotatable bonds is 5. The molecule has 0 saturated heterocycles. The first-order chi connectivity index (χ1) is 9.88. The number of aryl methyl sites for hydroxylation is 1. The Kier molecular flexibility index (Phi) is 6.36. The van der Waals surface area contributed by atoms with Crippen molar-refractivity contribution in [1.82, 2.24) is 4.90 Å². The van der Waals surface area contributed by atoms with Gasteiger partial charge >= 0.3 is 11.9 Å². The van der Waals surface area contributed by atoms with Gasteiger partial charge in [-0.05, 0) is 30.7 Å². The zero-order chi connectivity index (χ0) is 16.0. The summed E-state index contributed by atoms with van der Waals surface area (Å²) in [6.45, 7) is 1.20. The van der Waals surface area contributed by atoms with Crippen LogP contribution in [0.1, 0.15) is 15.9 Å². The number of benzene rings is 1. The molecule has 0 fully saturated rings. The summed E-state index contributed by atoms with van der Waals surface area (Å²) in [6, 6.07) is 5.02. The quantitative estimate of drug-likeness (QED) is 0.747. The van der Waals surface area contributed by atoms with Crippen LogP contribution in [0.2, 0.25) is 0 Å². The lowest BCUT2D eigenvalue weighted by atomic mass is 10.1. The number of amides is 1. The van der Waals surface area contributed by atoms with Gasteiger partial charge in [-0.3, -0.25) is 14.4 Å². The lowest BCUT2D eigenvalue weighted by Crippen LogP contribution is -2.40. The molecule has 6 nitrogen and oxygen atoms in total. The van der Waals surface area contributed by atoms with Gasteiger partial charge in [-0.2, -0.15) is 0 Å². The normalized spacial score (nSPS) is 9.90. The summed E-state index contributed by atoms with van der Waals surface area (Å²) < 4.78 is 9.93. The molecule has 0 saturated carbocycles. The molecule has 0 unspecified atom stereocenters. The second-order valence-corrected chi connectivity index (χ2v) is 5.13. The predicted molar refractivity (Wildman–Crippen MR) is 78.8 cm³/mol. The summed E-state index contributed by atoms with van der Waals surface area (Å²) in [5.74, 6) is -1.66. The van der Waals surface area contributed by atoms with Gasteiger partial charge in [0.25, 0.3) is 5.91 Å². The van der Waals surface area contributed by atoms with E-state index in [-0.39, 0.29) is 13.1 Å². The van der Waals surface area contributed by atoms with Gasteiger partial charge in [-0.15, -0.1) is 0 Å². The second kappa shape index (κ2) is 7.78. The molecule has 0 radical (unpaired) electrons. The van der Waals surface area contributed by atoms with E-state index in [9.17, 15) is 14.4 Å². The van der Waals surface area contributed by atoms with Crippen LogP contribution >= 0.6 is 15.9 Å². The van der Waals surface area contributed by atoms with E-state index in [0.29, 0.717) is 5.56 Å². The third kappa shape index (κ3) is 4.86. The maximum absolute atomic E-state index is 12.4. The maximum Gasteiger partial charge on any atom is 0.325 e. The van der Waals surface area contributed by atoms with Crippen LogP contribution in [-0.2, 0) is 19.1 Å². The average molecular weight is 358 g/mol. The van der Waals surface area contributed by atoms with Gasteiger partial charge in [0.2, 0.25) is 0 Å². The summed E-state index contributed by atoms with van der Waals surface area (Å²) >= 11 is 3.35. The highest BCUT2D eigenvalue weighted by Gasteiger charge is 2.22. The highest BCUT2D eigenvalue weighted by molar-refractivity contribution is 9.10. The van der Waals surface area contributed by atoms with E-state index < -0.39 is 17.8 Å². The standard InChI is InChI=1S/C14H16BrNO5/c1-9-6-10(4-5-11(9)15)14(19)16(7-12(17)20-2)8-13(18)21-3/h4-6H,7-8H2,1-3H3. The summed E-state index contributed by atoms with van der Waals surface area (Å²) in [6.07, 6.45) is 0. The van der Waals surface area contributed by atoms with Crippen molar-refractivity contribution in [3.05, 3.63) is 33.8 Å². The molecule has 114 valence electrons. The minimum atomic E-state index is -0.610. The van der Waals surface area contributed by atoms with Gasteiger partial charge in [0, 0.05) is 10.0 Å². The Morgan fingerprint density at radius 1 is 1.10 bits per heavy atom. The molecular formula is C14H16BrNO5. The largest absolute Gasteiger partial charge is 0.468 e. The fourth-order valence-corrected chi connectivity index (χ4v) is 1.85. The zero-order valence-electron chi connectivity index (χ0n) is 12.0. The molecule has 0 aromatic heterocycles. The predicted octanol–water partition coefficient (Wildman–Crippen LogP) is 1.55. The van der Waals surface area contributed by atoms with Crippen molar-refractivity contribution < 1.29 is 23.9 Å². The SMILES string of the molecule is COC(=O)CN(CC(=O)OC)C(=O)c1ccc(Br)c(C)c1. The van der Waals surface area contributed by atoms with Crippen molar-refractivity contribution in [2.24, 2.45) is 0 Å². The fraction of sp³-hybridized carbons (Fsp3) is 0.357. The van der Waals surface area contributed by atoms with E-state index in [2.05, 4.69) is 25.4 Å². The third-order valence-corrected chi connectivity index (χ3v) is 3.68. The Labute approximate surface area is 131 Å². The van der Waals surface area contributed by atoms with Crippen molar-refractivity contribution in [3.8, 4) is 0 Å². The Morgan fingerprint density at radius 3 is 2.05 bits per heavy atom. The van der Waals surface area contributed by atoms with Gasteiger partial charge in [-0.25, -0.2) is 0 Å². The fourth-order valence-electron chi connectivity index (χ4n) is 1.60. The minimum Gasteiger partial charge on any atom is -0.468 e. The highest BCUT2D eigenvalue weighted by atomic mass is 79.9. The minimum absolute atomic E-state index is 0.320. The summed E-state index contributed by atoms with van der Waals surface area (Å²) in [5, 5.41) is 0. The number of ether oxygens (including phenoxy) is 2. The first-order valence-electron chi connectivity index (χ1n) is 6.08. The molecule has 0 spiro atoms. The first kappa shape index (κ1) is 17.2. The lowest BCUT2D eigenvalue weighted by Gasteiger charge is -2.20. The molecule has 0 bridgehead atoms. The molecule has 0 N–H and O–H groups in total. The van der Waals surface area contributed by atoms with Crippen molar-refractivity contribution >= 4 is 33.8 Å². The molecule has 0 atom stereocenters. The van der Waals surface area contributed by atoms with Gasteiger partial charge in [0.05, 0.1) is 14.2 Å². The van der Waals surface area contributed by atoms with E-state index in [1.807, 2.05) is 6.92 Å². The van der Waals surface area contributed by atoms with Crippen LogP contribution in [0.5, 0.6) is 0 Å². The van der Waals surface area contributed by atoms with Crippen LogP contribution in [0.25, 0.3) is 0 Å². The van der Waals surface area contributed by atoms with E-state index in [1.165, 1.54) is 14.2 Å². The second-order valence-electron chi connectivity index (χ2n) is 4.28. The number of nitrogens with zero attached hydrogens (tertiary/aromatic N) is 1. The number of halogens is 1. The molecule has 0 aliphatic carbocycles. The molecule has 21 heavy (non-hydrogen) atoms. The molecule has 1 aromatic rings. The molecule has 7 heteroatoms. The van der Waals surface area contributed by atoms with Crippen LogP contribution in [0.3, 0.4) is 0 Å². The van der Waals surface area contributed by atoms with Crippen LogP contribution in [0.4, 0.5) is 0 Å². The Balaban J connectivity index is 2.99. The number of hydrogen-bond donors (Lipinski definition) is 0. The van der Waals surface area contributed by atoms with E-state index in [0.717, 1.165) is 14.9 Å². The monoisotopic (exact) mass is 357 g/mol. The van der Waals surface area contributed by atoms with Gasteiger partial charge in [0.15, 0.2) is 0 Å². The van der Waals surface area contributed by atoms with Crippen LogP contribution in [0, 0.1) is 6.92 Å².